The highest BCUT2D eigenvalue weighted by Crippen LogP contribution is 2.30. The summed E-state index contributed by atoms with van der Waals surface area (Å²) < 4.78 is 38.5. The number of benzene rings is 5. The number of anilines is 1. The molecule has 378 valence electrons. The number of aromatic carboxylic acids is 1. The van der Waals surface area contributed by atoms with E-state index in [9.17, 15) is 57.6 Å². The van der Waals surface area contributed by atoms with Gasteiger partial charge in [0.15, 0.2) is 0 Å². The predicted molar refractivity (Wildman–Crippen MR) is 270 cm³/mol. The molecular formula is C58H61F3N2O9. The number of aryl methyl sites for hydroxylation is 1. The Bertz CT molecular complexity index is 2700. The van der Waals surface area contributed by atoms with Crippen molar-refractivity contribution in [3.63, 3.8) is 0 Å². The Morgan fingerprint density at radius 1 is 0.514 bits per heavy atom. The molecule has 0 atom stereocenters. The fourth-order valence-corrected chi connectivity index (χ4v) is 7.39. The van der Waals surface area contributed by atoms with E-state index in [2.05, 4.69) is 49.7 Å². The van der Waals surface area contributed by atoms with Gasteiger partial charge >= 0.3 is 35.9 Å². The van der Waals surface area contributed by atoms with E-state index in [1.54, 1.807) is 48.5 Å². The number of hydrogen-bond acceptors (Lipinski definition) is 6. The Balaban J connectivity index is 0.000000317. The molecule has 0 radical (unpaired) electrons. The molecule has 0 unspecified atom stereocenters. The summed E-state index contributed by atoms with van der Waals surface area (Å²) in [6, 6.07) is 30.2. The van der Waals surface area contributed by atoms with Gasteiger partial charge in [0.1, 0.15) is 11.3 Å². The van der Waals surface area contributed by atoms with Gasteiger partial charge in [0.2, 0.25) is 0 Å². The molecule has 5 aromatic rings. The van der Waals surface area contributed by atoms with Gasteiger partial charge in [0.25, 0.3) is 0 Å². The molecule has 0 aliphatic rings. The highest BCUT2D eigenvalue weighted by molar-refractivity contribution is 6.37. The number of aromatic hydroxyl groups is 1. The van der Waals surface area contributed by atoms with Crippen LogP contribution in [0.4, 0.5) is 18.9 Å². The second-order valence-corrected chi connectivity index (χ2v) is 17.2. The van der Waals surface area contributed by atoms with Gasteiger partial charge in [0, 0.05) is 41.9 Å². The molecule has 0 saturated carbocycles. The normalized spacial score (nSPS) is 10.6. The van der Waals surface area contributed by atoms with E-state index in [1.165, 1.54) is 88.0 Å². The van der Waals surface area contributed by atoms with Crippen molar-refractivity contribution in [1.29, 1.82) is 0 Å². The first-order valence-corrected chi connectivity index (χ1v) is 24.1. The molecule has 4 N–H and O–H groups in total. The average molecular weight is 987 g/mol. The molecule has 0 saturated heterocycles. The van der Waals surface area contributed by atoms with Crippen molar-refractivity contribution in [1.82, 2.24) is 4.90 Å². The number of unbranched alkanes of at least 4 members (excludes halogenated alkanes) is 10. The fraction of sp³-hybridized carbons (Fsp3) is 0.328. The van der Waals surface area contributed by atoms with Gasteiger partial charge in [-0.3, -0.25) is 14.5 Å². The summed E-state index contributed by atoms with van der Waals surface area (Å²) in [7, 11) is 0. The Labute approximate surface area is 419 Å². The van der Waals surface area contributed by atoms with Crippen LogP contribution in [0, 0.1) is 23.7 Å². The highest BCUT2D eigenvalue weighted by atomic mass is 19.4. The summed E-state index contributed by atoms with van der Waals surface area (Å²) in [4.78, 5) is 60.5. The number of aliphatic carboxylic acids is 2. The average Bonchev–Trinajstić information content (AvgIpc) is 3.36. The number of carbonyl (C=O) groups excluding carboxylic acids is 2. The maximum Gasteiger partial charge on any atom is 0.416 e. The number of halogens is 3. The third-order valence-corrected chi connectivity index (χ3v) is 11.5. The van der Waals surface area contributed by atoms with E-state index in [0.717, 1.165) is 70.0 Å². The molecule has 0 aromatic heterocycles. The van der Waals surface area contributed by atoms with E-state index in [4.69, 9.17) is 0 Å². The number of carboxylic acid groups (broad SMARTS) is 3. The summed E-state index contributed by atoms with van der Waals surface area (Å²) in [5, 5.41) is 37.3. The van der Waals surface area contributed by atoms with Crippen molar-refractivity contribution < 1.29 is 57.6 Å². The van der Waals surface area contributed by atoms with Crippen LogP contribution in [-0.2, 0) is 51.4 Å². The van der Waals surface area contributed by atoms with Crippen molar-refractivity contribution in [2.75, 3.05) is 4.90 Å². The zero-order valence-electron chi connectivity index (χ0n) is 40.6. The lowest BCUT2D eigenvalue weighted by Crippen LogP contribution is -2.36. The van der Waals surface area contributed by atoms with Crippen LogP contribution >= 0.6 is 0 Å². The maximum atomic E-state index is 12.8. The molecular weight excluding hydrogens is 926 g/mol. The van der Waals surface area contributed by atoms with Gasteiger partial charge < -0.3 is 25.3 Å². The highest BCUT2D eigenvalue weighted by Gasteiger charge is 2.30. The molecule has 0 aliphatic carbocycles. The molecule has 14 heteroatoms. The standard InChI is InChI=1S/C32H32F3NO3.C26H29NO6/c1-2-3-4-5-6-7-24-8-10-25(11-9-24)12-13-26-14-16-27(17-15-26)22-36(30(37)31(38)39)23-28-18-20-29(21-19-28)32(33,34)35;1-2-3-4-5-6-7-8-9-10-19-11-13-20(14-12-19)18-27(24(29)26(32)33)21-15-16-23(28)22(17-21)25(30)31/h8-11,14-21H,2-7,22-23H2,1H3,(H,38,39);11-17,28H,2-8,18H2,1H3,(H,30,31)(H,32,33). The van der Waals surface area contributed by atoms with E-state index >= 15 is 0 Å². The maximum absolute atomic E-state index is 12.8. The SMILES string of the molecule is CCCCCCCCC#Cc1ccc(CN(C(=O)C(=O)O)c2ccc(O)c(C(=O)O)c2)cc1.CCCCCCCc1ccc(C#Cc2ccc(CN(Cc3ccc(C(F)(F)F)cc3)C(=O)C(=O)O)cc2)cc1. The molecule has 0 spiro atoms. The van der Waals surface area contributed by atoms with Gasteiger partial charge in [-0.2, -0.15) is 13.2 Å². The van der Waals surface area contributed by atoms with E-state index in [0.29, 0.717) is 16.7 Å². The Morgan fingerprint density at radius 3 is 1.44 bits per heavy atom. The van der Waals surface area contributed by atoms with Gasteiger partial charge in [-0.15, -0.1) is 0 Å². The molecule has 5 aromatic carbocycles. The van der Waals surface area contributed by atoms with E-state index in [1.807, 2.05) is 12.1 Å². The summed E-state index contributed by atoms with van der Waals surface area (Å²) >= 11 is 0. The van der Waals surface area contributed by atoms with Crippen molar-refractivity contribution in [3.05, 3.63) is 165 Å². The third-order valence-electron chi connectivity index (χ3n) is 11.5. The van der Waals surface area contributed by atoms with E-state index in [-0.39, 0.29) is 25.3 Å². The van der Waals surface area contributed by atoms with Crippen molar-refractivity contribution in [2.45, 2.75) is 123 Å². The van der Waals surface area contributed by atoms with E-state index < -0.39 is 52.8 Å². The number of rotatable bonds is 20. The van der Waals surface area contributed by atoms with Crippen LogP contribution in [0.15, 0.2) is 115 Å². The summed E-state index contributed by atoms with van der Waals surface area (Å²) in [6.45, 7) is 4.17. The van der Waals surface area contributed by atoms with Crippen LogP contribution in [0.1, 0.15) is 146 Å². The Morgan fingerprint density at radius 2 is 0.958 bits per heavy atom. The van der Waals surface area contributed by atoms with Crippen LogP contribution in [0.5, 0.6) is 5.75 Å². The summed E-state index contributed by atoms with van der Waals surface area (Å²) in [6.07, 6.45) is 11.0. The molecule has 5 rings (SSSR count). The minimum Gasteiger partial charge on any atom is -0.507 e. The lowest BCUT2D eigenvalue weighted by molar-refractivity contribution is -0.156. The van der Waals surface area contributed by atoms with Crippen molar-refractivity contribution >= 4 is 35.4 Å². The van der Waals surface area contributed by atoms with Gasteiger partial charge in [0.05, 0.1) is 12.1 Å². The van der Waals surface area contributed by atoms with Crippen molar-refractivity contribution in [3.8, 4) is 29.4 Å². The van der Waals surface area contributed by atoms with Gasteiger partial charge in [-0.1, -0.05) is 144 Å². The quantitative estimate of drug-likeness (QED) is 0.0336. The topological polar surface area (TPSA) is 173 Å². The van der Waals surface area contributed by atoms with Crippen LogP contribution in [0.25, 0.3) is 0 Å². The largest absolute Gasteiger partial charge is 0.507 e. The van der Waals surface area contributed by atoms with Gasteiger partial charge in [-0.05, 0) is 108 Å². The van der Waals surface area contributed by atoms with Crippen molar-refractivity contribution in [2.24, 2.45) is 0 Å². The summed E-state index contributed by atoms with van der Waals surface area (Å²) in [5.74, 6) is 5.01. The molecule has 72 heavy (non-hydrogen) atoms. The number of hydrogen-bond donors (Lipinski definition) is 4. The predicted octanol–water partition coefficient (Wildman–Crippen LogP) is 12.0. The molecule has 0 heterocycles. The second kappa shape index (κ2) is 29.4. The number of nitrogens with zero attached hydrogens (tertiary/aromatic N) is 2. The number of carbonyl (C=O) groups is 5. The molecule has 0 fully saturated rings. The van der Waals surface area contributed by atoms with Crippen LogP contribution < -0.4 is 4.90 Å². The second-order valence-electron chi connectivity index (χ2n) is 17.2. The molecule has 0 bridgehead atoms. The van der Waals surface area contributed by atoms with Crippen LogP contribution in [0.2, 0.25) is 0 Å². The minimum atomic E-state index is -4.48. The molecule has 0 aliphatic heterocycles. The Kier molecular flexibility index (Phi) is 23.1. The smallest absolute Gasteiger partial charge is 0.416 e. The third kappa shape index (κ3) is 19.5. The lowest BCUT2D eigenvalue weighted by atomic mass is 10.0. The Hall–Kier alpha value is -7.84. The van der Waals surface area contributed by atoms with Crippen LogP contribution in [-0.4, -0.2) is 55.0 Å². The minimum absolute atomic E-state index is 0.0141. The number of amides is 2. The summed E-state index contributed by atoms with van der Waals surface area (Å²) in [5.41, 5.74) is 4.32. The number of phenols is 1. The molecule has 2 amide bonds. The zero-order chi connectivity index (χ0) is 52.5. The first kappa shape index (κ1) is 56.7. The number of carboxylic acids is 3. The van der Waals surface area contributed by atoms with Gasteiger partial charge in [-0.25, -0.2) is 14.4 Å². The number of alkyl halides is 3. The van der Waals surface area contributed by atoms with Crippen LogP contribution in [0.3, 0.4) is 0 Å². The first-order valence-electron chi connectivity index (χ1n) is 24.1. The molecule has 11 nitrogen and oxygen atoms in total. The zero-order valence-corrected chi connectivity index (χ0v) is 40.6. The lowest BCUT2D eigenvalue weighted by Gasteiger charge is -2.21. The first-order chi connectivity index (χ1) is 34.5. The monoisotopic (exact) mass is 986 g/mol. The fourth-order valence-electron chi connectivity index (χ4n) is 7.39.